The van der Waals surface area contributed by atoms with E-state index in [-0.39, 0.29) is 12.1 Å². The van der Waals surface area contributed by atoms with Gasteiger partial charge in [0.15, 0.2) is 0 Å². The van der Waals surface area contributed by atoms with Gasteiger partial charge >= 0.3 is 0 Å². The maximum Gasteiger partial charge on any atom is 0.146 e. The number of amidine groups is 1. The minimum absolute atomic E-state index is 0.163. The molecule has 11 rings (SSSR count). The zero-order valence-electron chi connectivity index (χ0n) is 26.1. The topological polar surface area (TPSA) is 45.8 Å². The fourth-order valence-corrected chi connectivity index (χ4v) is 8.29. The van der Waals surface area contributed by atoms with Crippen LogP contribution >= 0.6 is 0 Å². The second-order valence-electron chi connectivity index (χ2n) is 13.1. The molecule has 7 aromatic rings. The molecular formula is C43H29N5. The molecule has 0 fully saturated rings. The molecule has 0 bridgehead atoms. The lowest BCUT2D eigenvalue weighted by Crippen LogP contribution is -2.41. The third kappa shape index (κ3) is 3.58. The minimum atomic E-state index is 0.163. The van der Waals surface area contributed by atoms with Crippen molar-refractivity contribution in [2.45, 2.75) is 24.9 Å². The Morgan fingerprint density at radius 1 is 0.646 bits per heavy atom. The predicted molar refractivity (Wildman–Crippen MR) is 196 cm³/mol. The van der Waals surface area contributed by atoms with Gasteiger partial charge in [0, 0.05) is 38.7 Å². The maximum absolute atomic E-state index is 5.26. The number of benzene rings is 4. The fraction of sp³-hybridized carbons (Fsp3) is 0.0930. The molecule has 0 spiro atoms. The molecule has 2 unspecified atom stereocenters. The van der Waals surface area contributed by atoms with Crippen molar-refractivity contribution in [3.63, 3.8) is 0 Å². The monoisotopic (exact) mass is 615 g/mol. The van der Waals surface area contributed by atoms with Crippen LogP contribution in [0, 0.1) is 0 Å². The number of aromatic nitrogens is 3. The predicted octanol–water partition coefficient (Wildman–Crippen LogP) is 9.52. The van der Waals surface area contributed by atoms with Crippen LogP contribution in [0.15, 0.2) is 150 Å². The molecule has 226 valence electrons. The summed E-state index contributed by atoms with van der Waals surface area (Å²) < 4.78 is 2.29. The van der Waals surface area contributed by atoms with E-state index in [1.54, 1.807) is 0 Å². The summed E-state index contributed by atoms with van der Waals surface area (Å²) in [4.78, 5) is 18.1. The third-order valence-corrected chi connectivity index (χ3v) is 10.5. The number of nitrogens with zero attached hydrogens (tertiary/aromatic N) is 5. The summed E-state index contributed by atoms with van der Waals surface area (Å²) in [5, 5.41) is 3.52. The summed E-state index contributed by atoms with van der Waals surface area (Å²) in [7, 11) is 0. The highest BCUT2D eigenvalue weighted by molar-refractivity contribution is 6.15. The average Bonchev–Trinajstić information content (AvgIpc) is 3.75. The van der Waals surface area contributed by atoms with E-state index in [2.05, 4.69) is 149 Å². The molecule has 5 nitrogen and oxygen atoms in total. The number of fused-ring (bicyclic) bond motifs is 15. The molecule has 4 aromatic carbocycles. The van der Waals surface area contributed by atoms with Crippen LogP contribution in [0.3, 0.4) is 0 Å². The zero-order chi connectivity index (χ0) is 31.3. The van der Waals surface area contributed by atoms with Gasteiger partial charge in [0.25, 0.3) is 0 Å². The Balaban J connectivity index is 1.05. The van der Waals surface area contributed by atoms with Gasteiger partial charge in [-0.25, -0.2) is 9.97 Å². The number of hydrogen-bond acceptors (Lipinski definition) is 4. The van der Waals surface area contributed by atoms with Crippen LogP contribution in [0.1, 0.15) is 24.0 Å². The van der Waals surface area contributed by atoms with Crippen molar-refractivity contribution in [1.29, 1.82) is 0 Å². The molecule has 4 aliphatic rings. The van der Waals surface area contributed by atoms with E-state index in [0.29, 0.717) is 0 Å². The highest BCUT2D eigenvalue weighted by Crippen LogP contribution is 2.44. The molecule has 2 aliphatic heterocycles. The zero-order valence-corrected chi connectivity index (χ0v) is 26.1. The lowest BCUT2D eigenvalue weighted by Gasteiger charge is -2.37. The van der Waals surface area contributed by atoms with Crippen molar-refractivity contribution in [2.24, 2.45) is 4.99 Å². The average molecular weight is 616 g/mol. The second kappa shape index (κ2) is 9.72. The largest absolute Gasteiger partial charge is 0.320 e. The van der Waals surface area contributed by atoms with Crippen molar-refractivity contribution in [2.75, 3.05) is 0 Å². The van der Waals surface area contributed by atoms with Crippen molar-refractivity contribution < 1.29 is 0 Å². The van der Waals surface area contributed by atoms with E-state index >= 15 is 0 Å². The Labute approximate surface area is 277 Å². The minimum Gasteiger partial charge on any atom is -0.320 e. The molecule has 0 amide bonds. The fourth-order valence-electron chi connectivity index (χ4n) is 8.29. The first-order valence-electron chi connectivity index (χ1n) is 16.8. The van der Waals surface area contributed by atoms with Gasteiger partial charge in [0.2, 0.25) is 0 Å². The van der Waals surface area contributed by atoms with Crippen LogP contribution in [-0.2, 0) is 0 Å². The first-order valence-corrected chi connectivity index (χ1v) is 16.8. The number of imidazole rings is 1. The van der Waals surface area contributed by atoms with Gasteiger partial charge in [0.1, 0.15) is 11.5 Å². The van der Waals surface area contributed by atoms with Crippen LogP contribution < -0.4 is 0 Å². The molecule has 2 aliphatic carbocycles. The van der Waals surface area contributed by atoms with E-state index in [1.165, 1.54) is 33.2 Å². The standard InChI is InChI=1S/C43H29N5/c1-5-16-38-28(10-1)32-24-26(20-22-30(32)42-45-36-12-3-7-18-40(36)47(38)42)34-14-9-15-35(44-34)27-21-23-31-33(25-27)29-11-2-6-17-39(29)48-41-19-8-4-13-37(41)46-43(31)48/h1-5,7-16,18-25,37,41H,6,17H2. The molecule has 5 heterocycles. The number of pyridine rings is 2. The Kier molecular flexibility index (Phi) is 5.28. The van der Waals surface area contributed by atoms with E-state index in [9.17, 15) is 0 Å². The normalized spacial score (nSPS) is 19.2. The summed E-state index contributed by atoms with van der Waals surface area (Å²) >= 11 is 0. The number of hydrogen-bond donors (Lipinski definition) is 0. The number of allylic oxidation sites excluding steroid dienone is 6. The summed E-state index contributed by atoms with van der Waals surface area (Å²) in [6.07, 6.45) is 15.5. The Morgan fingerprint density at radius 2 is 1.46 bits per heavy atom. The van der Waals surface area contributed by atoms with Crippen molar-refractivity contribution in [1.82, 2.24) is 19.3 Å². The molecule has 0 N–H and O–H groups in total. The number of aliphatic imine (C=N–C) groups is 1. The molecule has 0 saturated heterocycles. The summed E-state index contributed by atoms with van der Waals surface area (Å²) in [5.74, 6) is 1.10. The molecule has 0 radical (unpaired) electrons. The van der Waals surface area contributed by atoms with Gasteiger partial charge in [-0.2, -0.15) is 0 Å². The molecule has 48 heavy (non-hydrogen) atoms. The molecule has 2 atom stereocenters. The van der Waals surface area contributed by atoms with Crippen molar-refractivity contribution >= 4 is 49.8 Å². The first-order chi connectivity index (χ1) is 23.8. The highest BCUT2D eigenvalue weighted by atomic mass is 15.3. The van der Waals surface area contributed by atoms with E-state index in [1.807, 2.05) is 0 Å². The van der Waals surface area contributed by atoms with Gasteiger partial charge in [-0.1, -0.05) is 85.0 Å². The molecular weight excluding hydrogens is 587 g/mol. The Hall–Kier alpha value is -6.07. The smallest absolute Gasteiger partial charge is 0.146 e. The van der Waals surface area contributed by atoms with E-state index in [4.69, 9.17) is 15.0 Å². The molecule has 0 saturated carbocycles. The Bertz CT molecular complexity index is 2700. The lowest BCUT2D eigenvalue weighted by atomic mass is 9.86. The van der Waals surface area contributed by atoms with Crippen molar-refractivity contribution in [3.8, 4) is 22.5 Å². The van der Waals surface area contributed by atoms with Crippen LogP contribution in [0.25, 0.3) is 66.4 Å². The highest BCUT2D eigenvalue weighted by Gasteiger charge is 2.41. The number of para-hydroxylation sites is 3. The van der Waals surface area contributed by atoms with Crippen LogP contribution in [0.2, 0.25) is 0 Å². The third-order valence-electron chi connectivity index (χ3n) is 10.5. The summed E-state index contributed by atoms with van der Waals surface area (Å²) in [5.41, 5.74) is 13.5. The van der Waals surface area contributed by atoms with Gasteiger partial charge in [0.05, 0.1) is 40.0 Å². The second-order valence-corrected chi connectivity index (χ2v) is 13.1. The van der Waals surface area contributed by atoms with E-state index in [0.717, 1.165) is 68.8 Å². The quantitative estimate of drug-likeness (QED) is 0.182. The van der Waals surface area contributed by atoms with Gasteiger partial charge in [-0.15, -0.1) is 0 Å². The number of rotatable bonds is 2. The maximum atomic E-state index is 5.26. The van der Waals surface area contributed by atoms with Crippen LogP contribution in [0.5, 0.6) is 0 Å². The SMILES string of the molecule is C1=CC2N=C3c4ccc(-c5cccc(-c6ccc7c(c6)c6ccccc6n6c8ccccc8nc76)n5)cc4C4=C(CCC=C4)N3C2C=C1. The van der Waals surface area contributed by atoms with Crippen LogP contribution in [-0.4, -0.2) is 37.2 Å². The Morgan fingerprint density at radius 3 is 2.40 bits per heavy atom. The summed E-state index contributed by atoms with van der Waals surface area (Å²) in [6, 6.07) is 37.3. The van der Waals surface area contributed by atoms with Gasteiger partial charge in [-0.3, -0.25) is 9.39 Å². The lowest BCUT2D eigenvalue weighted by molar-refractivity contribution is 0.428. The van der Waals surface area contributed by atoms with Gasteiger partial charge in [-0.05, 0) is 78.4 Å². The van der Waals surface area contributed by atoms with Gasteiger partial charge < -0.3 is 4.90 Å². The summed E-state index contributed by atoms with van der Waals surface area (Å²) in [6.45, 7) is 0. The first kappa shape index (κ1) is 26.0. The van der Waals surface area contributed by atoms with Crippen LogP contribution in [0.4, 0.5) is 0 Å². The molecule has 5 heteroatoms. The van der Waals surface area contributed by atoms with Crippen molar-refractivity contribution in [3.05, 3.63) is 156 Å². The van der Waals surface area contributed by atoms with E-state index < -0.39 is 0 Å². The molecule has 3 aromatic heterocycles.